The molecule has 13 heteroatoms. The summed E-state index contributed by atoms with van der Waals surface area (Å²) < 4.78 is 6.57. The smallest absolute Gasteiger partial charge is 0.330 e. The minimum Gasteiger partial charge on any atom is -0.394 e. The van der Waals surface area contributed by atoms with Crippen molar-refractivity contribution in [3.8, 4) is 0 Å². The molecule has 30 heavy (non-hydrogen) atoms. The molecule has 0 bridgehead atoms. The topological polar surface area (TPSA) is 159 Å². The standard InChI is InChI=1S/C17H21N5O6S2/c23-9-10-14(25)13(15(28-10)22-7-4-11(24)20-17(22)27)21-16(26)19-6-8-29-30-12-3-1-2-5-18-12/h1-5,7,10,13-15,23,25H,6,8-9H2,(H2,19,21,26)(H,20,24,27)/t10-,13-,14-,15-/m1/s1. The number of pyridine rings is 1. The van der Waals surface area contributed by atoms with Crippen LogP contribution in [0.15, 0.2) is 51.3 Å². The van der Waals surface area contributed by atoms with E-state index in [1.165, 1.54) is 27.8 Å². The molecule has 5 N–H and O–H groups in total. The fraction of sp³-hybridized carbons (Fsp3) is 0.412. The van der Waals surface area contributed by atoms with Gasteiger partial charge in [-0.15, -0.1) is 0 Å². The number of hydrogen-bond donors (Lipinski definition) is 5. The number of carbonyl (C=O) groups excluding carboxylic acids is 1. The normalized spacial score (nSPS) is 23.3. The highest BCUT2D eigenvalue weighted by molar-refractivity contribution is 8.76. The summed E-state index contributed by atoms with van der Waals surface area (Å²) in [6.07, 6.45) is -0.437. The summed E-state index contributed by atoms with van der Waals surface area (Å²) in [6.45, 7) is -0.149. The molecule has 0 saturated carbocycles. The Hall–Kier alpha value is -2.32. The van der Waals surface area contributed by atoms with Gasteiger partial charge in [-0.1, -0.05) is 16.9 Å². The van der Waals surface area contributed by atoms with Gasteiger partial charge >= 0.3 is 11.7 Å². The fourth-order valence-electron chi connectivity index (χ4n) is 2.83. The first-order valence-corrected chi connectivity index (χ1v) is 11.3. The van der Waals surface area contributed by atoms with E-state index in [-0.39, 0.29) is 0 Å². The fourth-order valence-corrected chi connectivity index (χ4v) is 4.61. The second-order valence-corrected chi connectivity index (χ2v) is 8.69. The molecule has 2 amide bonds. The zero-order valence-corrected chi connectivity index (χ0v) is 17.3. The predicted octanol–water partition coefficient (Wildman–Crippen LogP) is -0.710. The lowest BCUT2D eigenvalue weighted by molar-refractivity contribution is -0.0468. The van der Waals surface area contributed by atoms with Gasteiger partial charge in [-0.05, 0) is 22.9 Å². The van der Waals surface area contributed by atoms with E-state index in [1.54, 1.807) is 6.20 Å². The van der Waals surface area contributed by atoms with Crippen LogP contribution in [-0.4, -0.2) is 67.9 Å². The number of aromatic amines is 1. The lowest BCUT2D eigenvalue weighted by Crippen LogP contribution is -2.51. The van der Waals surface area contributed by atoms with Gasteiger partial charge in [0, 0.05) is 30.8 Å². The molecule has 2 aromatic rings. The van der Waals surface area contributed by atoms with Crippen LogP contribution >= 0.6 is 21.6 Å². The lowest BCUT2D eigenvalue weighted by Gasteiger charge is -2.23. The molecule has 0 aromatic carbocycles. The SMILES string of the molecule is O=C(NCCSSc1ccccn1)N[C@@H]1[C@H](O)[C@@H](CO)O[C@H]1n1ccc(=O)[nH]c1=O. The Morgan fingerprint density at radius 3 is 2.87 bits per heavy atom. The van der Waals surface area contributed by atoms with Crippen molar-refractivity contribution in [3.05, 3.63) is 57.5 Å². The summed E-state index contributed by atoms with van der Waals surface area (Å²) in [5, 5.41) is 25.9. The maximum absolute atomic E-state index is 12.3. The van der Waals surface area contributed by atoms with Gasteiger partial charge in [-0.3, -0.25) is 14.3 Å². The quantitative estimate of drug-likeness (QED) is 0.256. The van der Waals surface area contributed by atoms with Crippen LogP contribution in [-0.2, 0) is 4.74 Å². The molecule has 3 heterocycles. The molecule has 0 unspecified atom stereocenters. The molecule has 0 aliphatic carbocycles. The number of H-pyrrole nitrogens is 1. The average Bonchev–Trinajstić information content (AvgIpc) is 3.04. The minimum atomic E-state index is -1.25. The van der Waals surface area contributed by atoms with Crippen LogP contribution in [0.5, 0.6) is 0 Å². The van der Waals surface area contributed by atoms with Crippen LogP contribution in [0.4, 0.5) is 4.79 Å². The summed E-state index contributed by atoms with van der Waals surface area (Å²) >= 11 is 0. The van der Waals surface area contributed by atoms with E-state index in [0.29, 0.717) is 12.3 Å². The summed E-state index contributed by atoms with van der Waals surface area (Å²) in [7, 11) is 3.01. The van der Waals surface area contributed by atoms with E-state index < -0.39 is 48.4 Å². The molecule has 0 spiro atoms. The van der Waals surface area contributed by atoms with Crippen molar-refractivity contribution >= 4 is 27.6 Å². The van der Waals surface area contributed by atoms with Crippen molar-refractivity contribution in [2.75, 3.05) is 18.9 Å². The number of aromatic nitrogens is 3. The summed E-state index contributed by atoms with van der Waals surface area (Å²) in [6, 6.07) is 5.15. The van der Waals surface area contributed by atoms with Crippen molar-refractivity contribution in [2.45, 2.75) is 29.5 Å². The zero-order valence-electron chi connectivity index (χ0n) is 15.6. The highest BCUT2D eigenvalue weighted by Crippen LogP contribution is 2.29. The first-order valence-electron chi connectivity index (χ1n) is 9.00. The third kappa shape index (κ3) is 5.64. The molecule has 3 rings (SSSR count). The molecule has 1 aliphatic heterocycles. The number of aliphatic hydroxyl groups excluding tert-OH is 2. The monoisotopic (exact) mass is 455 g/mol. The molecule has 1 aliphatic rings. The van der Waals surface area contributed by atoms with Crippen molar-refractivity contribution in [1.82, 2.24) is 25.2 Å². The molecular formula is C17H21N5O6S2. The van der Waals surface area contributed by atoms with Crippen molar-refractivity contribution < 1.29 is 19.7 Å². The van der Waals surface area contributed by atoms with E-state index in [4.69, 9.17) is 4.74 Å². The molecule has 1 fully saturated rings. The number of carbonyl (C=O) groups is 1. The van der Waals surface area contributed by atoms with Crippen molar-refractivity contribution in [1.29, 1.82) is 0 Å². The Labute approximate surface area is 178 Å². The lowest BCUT2D eigenvalue weighted by atomic mass is 10.1. The van der Waals surface area contributed by atoms with Crippen molar-refractivity contribution in [3.63, 3.8) is 0 Å². The van der Waals surface area contributed by atoms with Gasteiger partial charge in [0.2, 0.25) is 0 Å². The molecular weight excluding hydrogens is 434 g/mol. The molecule has 0 radical (unpaired) electrons. The van der Waals surface area contributed by atoms with E-state index in [0.717, 1.165) is 15.7 Å². The second-order valence-electron chi connectivity index (χ2n) is 6.25. The van der Waals surface area contributed by atoms with Gasteiger partial charge in [0.25, 0.3) is 5.56 Å². The first-order chi connectivity index (χ1) is 14.5. The van der Waals surface area contributed by atoms with E-state index in [9.17, 15) is 24.6 Å². The summed E-state index contributed by atoms with van der Waals surface area (Å²) in [5.74, 6) is 0.612. The van der Waals surface area contributed by atoms with Gasteiger partial charge in [-0.25, -0.2) is 14.6 Å². The maximum Gasteiger partial charge on any atom is 0.330 e. The van der Waals surface area contributed by atoms with Crippen LogP contribution in [0, 0.1) is 0 Å². The Morgan fingerprint density at radius 1 is 1.33 bits per heavy atom. The minimum absolute atomic E-state index is 0.354. The molecule has 4 atom stereocenters. The number of rotatable bonds is 8. The number of ether oxygens (including phenoxy) is 1. The molecule has 2 aromatic heterocycles. The third-order valence-corrected chi connectivity index (χ3v) is 6.49. The Balaban J connectivity index is 1.54. The predicted molar refractivity (Wildman–Crippen MR) is 111 cm³/mol. The van der Waals surface area contributed by atoms with Crippen molar-refractivity contribution in [2.24, 2.45) is 0 Å². The van der Waals surface area contributed by atoms with Gasteiger partial charge in [0.15, 0.2) is 6.23 Å². The van der Waals surface area contributed by atoms with Gasteiger partial charge in [-0.2, -0.15) is 0 Å². The number of nitrogens with zero attached hydrogens (tertiary/aromatic N) is 2. The average molecular weight is 456 g/mol. The molecule has 1 saturated heterocycles. The number of urea groups is 1. The first kappa shape index (κ1) is 22.4. The van der Waals surface area contributed by atoms with Crippen LogP contribution in [0.1, 0.15) is 6.23 Å². The maximum atomic E-state index is 12.3. The number of hydrogen-bond acceptors (Lipinski definition) is 9. The van der Waals surface area contributed by atoms with E-state index >= 15 is 0 Å². The second kappa shape index (κ2) is 10.6. The van der Waals surface area contributed by atoms with Crippen LogP contribution in [0.25, 0.3) is 0 Å². The Morgan fingerprint density at radius 2 is 2.17 bits per heavy atom. The third-order valence-electron chi connectivity index (χ3n) is 4.23. The van der Waals surface area contributed by atoms with E-state index in [2.05, 4.69) is 20.6 Å². The number of nitrogens with one attached hydrogen (secondary N) is 3. The van der Waals surface area contributed by atoms with Crippen LogP contribution < -0.4 is 21.9 Å². The van der Waals surface area contributed by atoms with Crippen LogP contribution in [0.3, 0.4) is 0 Å². The highest BCUT2D eigenvalue weighted by atomic mass is 33.1. The Bertz CT molecular complexity index is 955. The largest absolute Gasteiger partial charge is 0.394 e. The highest BCUT2D eigenvalue weighted by Gasteiger charge is 2.45. The van der Waals surface area contributed by atoms with Crippen LogP contribution in [0.2, 0.25) is 0 Å². The number of aliphatic hydroxyl groups is 2. The molecule has 162 valence electrons. The zero-order chi connectivity index (χ0) is 21.5. The summed E-state index contributed by atoms with van der Waals surface area (Å²) in [5.41, 5.74) is -1.34. The van der Waals surface area contributed by atoms with Gasteiger partial charge in [0.05, 0.1) is 6.61 Å². The van der Waals surface area contributed by atoms with Gasteiger partial charge < -0.3 is 25.6 Å². The Kier molecular flexibility index (Phi) is 7.93. The molecule has 11 nitrogen and oxygen atoms in total. The van der Waals surface area contributed by atoms with Gasteiger partial charge in [0.1, 0.15) is 23.3 Å². The number of amides is 2. The van der Waals surface area contributed by atoms with E-state index in [1.807, 2.05) is 18.2 Å². The summed E-state index contributed by atoms with van der Waals surface area (Å²) in [4.78, 5) is 41.9.